The van der Waals surface area contributed by atoms with Crippen molar-refractivity contribution in [2.24, 2.45) is 23.7 Å². The van der Waals surface area contributed by atoms with E-state index in [1.807, 2.05) is 30.3 Å². The fraction of sp³-hybridized carbons (Fsp3) is 0.378. The number of cyclic esters (lactones) is 1. The summed E-state index contributed by atoms with van der Waals surface area (Å²) in [5, 5.41) is 0. The van der Waals surface area contributed by atoms with E-state index >= 15 is 0 Å². The molecule has 2 aliphatic rings. The van der Waals surface area contributed by atoms with Gasteiger partial charge in [0.25, 0.3) is 0 Å². The number of rotatable bonds is 9. The summed E-state index contributed by atoms with van der Waals surface area (Å²) >= 11 is 0. The van der Waals surface area contributed by atoms with Crippen LogP contribution in [0.15, 0.2) is 97.6 Å². The van der Waals surface area contributed by atoms with Crippen molar-refractivity contribution in [1.82, 2.24) is 0 Å². The Morgan fingerprint density at radius 1 is 0.977 bits per heavy atom. The molecular formula is C37H41NO6. The monoisotopic (exact) mass is 595 g/mol. The molecule has 7 heteroatoms. The lowest BCUT2D eigenvalue weighted by Gasteiger charge is -2.48. The maximum absolute atomic E-state index is 14.8. The van der Waals surface area contributed by atoms with Crippen LogP contribution in [-0.2, 0) is 29.6 Å². The third kappa shape index (κ3) is 5.75. The zero-order chi connectivity index (χ0) is 31.4. The molecule has 1 heterocycles. The van der Waals surface area contributed by atoms with Crippen LogP contribution >= 0.6 is 0 Å². The molecule has 7 nitrogen and oxygen atoms in total. The van der Waals surface area contributed by atoms with Gasteiger partial charge in [-0.05, 0) is 60.4 Å². The Morgan fingerprint density at radius 3 is 2.20 bits per heavy atom. The van der Waals surface area contributed by atoms with Gasteiger partial charge in [-0.15, -0.1) is 6.58 Å². The quantitative estimate of drug-likeness (QED) is 0.150. The third-order valence-corrected chi connectivity index (χ3v) is 9.09. The molecule has 6 atom stereocenters. The first kappa shape index (κ1) is 31.0. The van der Waals surface area contributed by atoms with Crippen LogP contribution in [0.2, 0.25) is 0 Å². The molecule has 0 bridgehead atoms. The van der Waals surface area contributed by atoms with Gasteiger partial charge in [-0.25, -0.2) is 4.79 Å². The summed E-state index contributed by atoms with van der Waals surface area (Å²) < 4.78 is 18.1. The van der Waals surface area contributed by atoms with Crippen molar-refractivity contribution in [3.63, 3.8) is 0 Å². The maximum Gasteiger partial charge on any atom is 0.378 e. The normalized spacial score (nSPS) is 26.1. The van der Waals surface area contributed by atoms with Crippen LogP contribution in [-0.4, -0.2) is 31.1 Å². The molecule has 44 heavy (non-hydrogen) atoms. The van der Waals surface area contributed by atoms with E-state index in [0.29, 0.717) is 29.3 Å². The summed E-state index contributed by atoms with van der Waals surface area (Å²) in [7, 11) is 1.55. The smallest absolute Gasteiger partial charge is 0.378 e. The van der Waals surface area contributed by atoms with Crippen LogP contribution in [0.1, 0.15) is 57.1 Å². The van der Waals surface area contributed by atoms with Gasteiger partial charge in [-0.3, -0.25) is 14.5 Å². The Labute approximate surface area is 259 Å². The number of nitrogens with zero attached hydrogens (tertiary/aromatic N) is 1. The molecule has 230 valence electrons. The number of hydrogen-bond donors (Lipinski definition) is 0. The first-order valence-electron chi connectivity index (χ1n) is 15.4. The fourth-order valence-corrected chi connectivity index (χ4v) is 6.70. The Morgan fingerprint density at radius 2 is 1.61 bits per heavy atom. The molecule has 3 aromatic rings. The minimum atomic E-state index is -2.19. The van der Waals surface area contributed by atoms with E-state index in [2.05, 4.69) is 27.4 Å². The molecule has 0 radical (unpaired) electrons. The predicted molar refractivity (Wildman–Crippen MR) is 169 cm³/mol. The van der Waals surface area contributed by atoms with Crippen LogP contribution < -0.4 is 9.64 Å². The Bertz CT molecular complexity index is 1470. The molecule has 1 aliphatic heterocycles. The molecular weight excluding hydrogens is 554 g/mol. The highest BCUT2D eigenvalue weighted by Gasteiger charge is 2.62. The molecule has 5 rings (SSSR count). The first-order chi connectivity index (χ1) is 21.2. The van der Waals surface area contributed by atoms with E-state index in [0.717, 1.165) is 18.4 Å². The highest BCUT2D eigenvalue weighted by molar-refractivity contribution is 6.14. The number of allylic oxidation sites excluding steroid dienone is 1. The number of methoxy groups -OCH3 is 1. The summed E-state index contributed by atoms with van der Waals surface area (Å²) in [6, 6.07) is 24.7. The van der Waals surface area contributed by atoms with Crippen molar-refractivity contribution in [3.05, 3.63) is 109 Å². The van der Waals surface area contributed by atoms with Crippen LogP contribution in [0.4, 0.5) is 5.69 Å². The SMILES string of the molecule is C=C[C@H](c1ccccc1)[C@@H]1C(=O)O[C@](C(=O)O[C@@H]2C[C@H](C)CC[C@H]2C(C)C)(c2ccccc2)N(c2ccc(OC)cc2)C1=O. The molecule has 0 unspecified atom stereocenters. The number of carbonyl (C=O) groups is 3. The van der Waals surface area contributed by atoms with Crippen molar-refractivity contribution in [2.75, 3.05) is 12.0 Å². The third-order valence-electron chi connectivity index (χ3n) is 9.09. The van der Waals surface area contributed by atoms with Crippen LogP contribution in [0, 0.1) is 23.7 Å². The molecule has 3 aromatic carbocycles. The molecule has 1 amide bonds. The second-order valence-corrected chi connectivity index (χ2v) is 12.2. The summed E-state index contributed by atoms with van der Waals surface area (Å²) in [6.07, 6.45) is 3.86. The van der Waals surface area contributed by atoms with E-state index < -0.39 is 35.4 Å². The molecule has 1 saturated carbocycles. The van der Waals surface area contributed by atoms with Crippen molar-refractivity contribution in [3.8, 4) is 5.75 Å². The average molecular weight is 596 g/mol. The number of esters is 2. The van der Waals surface area contributed by atoms with Crippen molar-refractivity contribution >= 4 is 23.5 Å². The largest absolute Gasteiger partial charge is 0.497 e. The summed E-state index contributed by atoms with van der Waals surface area (Å²) in [6.45, 7) is 10.4. The number of carbonyl (C=O) groups excluding carboxylic acids is 3. The van der Waals surface area contributed by atoms with Gasteiger partial charge in [0.1, 0.15) is 17.8 Å². The van der Waals surface area contributed by atoms with Gasteiger partial charge in [-0.1, -0.05) is 93.9 Å². The minimum absolute atomic E-state index is 0.142. The van der Waals surface area contributed by atoms with Crippen LogP contribution in [0.25, 0.3) is 0 Å². The number of anilines is 1. The van der Waals surface area contributed by atoms with Gasteiger partial charge in [0, 0.05) is 17.2 Å². The van der Waals surface area contributed by atoms with Gasteiger partial charge in [0.15, 0.2) is 0 Å². The van der Waals surface area contributed by atoms with Gasteiger partial charge in [0.2, 0.25) is 5.91 Å². The maximum atomic E-state index is 14.8. The number of hydrogen-bond acceptors (Lipinski definition) is 6. The topological polar surface area (TPSA) is 82.1 Å². The molecule has 1 saturated heterocycles. The lowest BCUT2D eigenvalue weighted by Crippen LogP contribution is -2.66. The molecule has 0 aromatic heterocycles. The second-order valence-electron chi connectivity index (χ2n) is 12.2. The Kier molecular flexibility index (Phi) is 9.23. The summed E-state index contributed by atoms with van der Waals surface area (Å²) in [4.78, 5) is 45.0. The first-order valence-corrected chi connectivity index (χ1v) is 15.4. The highest BCUT2D eigenvalue weighted by Crippen LogP contribution is 2.46. The van der Waals surface area contributed by atoms with E-state index in [1.54, 1.807) is 67.8 Å². The zero-order valence-corrected chi connectivity index (χ0v) is 25.8. The zero-order valence-electron chi connectivity index (χ0n) is 25.8. The lowest BCUT2D eigenvalue weighted by atomic mass is 9.75. The van der Waals surface area contributed by atoms with Crippen LogP contribution in [0.5, 0.6) is 5.75 Å². The second kappa shape index (κ2) is 13.1. The van der Waals surface area contributed by atoms with E-state index in [-0.39, 0.29) is 17.9 Å². The molecule has 2 fully saturated rings. The van der Waals surface area contributed by atoms with Gasteiger partial charge >= 0.3 is 17.7 Å². The van der Waals surface area contributed by atoms with E-state index in [4.69, 9.17) is 14.2 Å². The summed E-state index contributed by atoms with van der Waals surface area (Å²) in [5.74, 6) is -2.79. The van der Waals surface area contributed by atoms with Crippen molar-refractivity contribution in [1.29, 1.82) is 0 Å². The average Bonchev–Trinajstić information content (AvgIpc) is 3.03. The van der Waals surface area contributed by atoms with Gasteiger partial charge in [0.05, 0.1) is 7.11 Å². The predicted octanol–water partition coefficient (Wildman–Crippen LogP) is 7.03. The minimum Gasteiger partial charge on any atom is -0.497 e. The van der Waals surface area contributed by atoms with Crippen LogP contribution in [0.3, 0.4) is 0 Å². The van der Waals surface area contributed by atoms with Gasteiger partial charge in [-0.2, -0.15) is 0 Å². The van der Waals surface area contributed by atoms with Crippen molar-refractivity contribution in [2.45, 2.75) is 57.8 Å². The number of ether oxygens (including phenoxy) is 3. The molecule has 1 aliphatic carbocycles. The Balaban J connectivity index is 1.68. The standard InChI is InChI=1S/C37H41NO6/c1-6-30(26-13-9-7-10-14-26)33-34(39)38(28-18-20-29(42-5)21-19-28)37(44-35(33)40,27-15-11-8-12-16-27)36(41)43-32-23-25(4)17-22-31(32)24(2)3/h6-16,18-21,24-25,30-33H,1,17,22-23H2,2-5H3/t25-,30-,31+,32-,33+,37+/m1/s1. The van der Waals surface area contributed by atoms with Gasteiger partial charge < -0.3 is 14.2 Å². The lowest BCUT2D eigenvalue weighted by molar-refractivity contribution is -0.202. The highest BCUT2D eigenvalue weighted by atomic mass is 16.6. The molecule has 0 N–H and O–H groups in total. The van der Waals surface area contributed by atoms with E-state index in [9.17, 15) is 14.4 Å². The Hall–Kier alpha value is -4.39. The number of amides is 1. The molecule has 0 spiro atoms. The number of benzene rings is 3. The summed E-state index contributed by atoms with van der Waals surface area (Å²) in [5.41, 5.74) is -0.771. The van der Waals surface area contributed by atoms with E-state index in [1.165, 1.54) is 4.90 Å². The van der Waals surface area contributed by atoms with Crippen molar-refractivity contribution < 1.29 is 28.6 Å². The fourth-order valence-electron chi connectivity index (χ4n) is 6.70.